The minimum Gasteiger partial charge on any atom is -0.295 e. The molecule has 7 heteroatoms. The second-order valence-electron chi connectivity index (χ2n) is 5.99. The number of rotatable bonds is 3. The van der Waals surface area contributed by atoms with Crippen LogP contribution in [0.5, 0.6) is 0 Å². The van der Waals surface area contributed by atoms with Gasteiger partial charge in [0.15, 0.2) is 0 Å². The van der Waals surface area contributed by atoms with Gasteiger partial charge in [-0.15, -0.1) is 10.2 Å². The summed E-state index contributed by atoms with van der Waals surface area (Å²) in [4.78, 5) is 0. The number of halogens is 1. The van der Waals surface area contributed by atoms with Crippen LogP contribution in [0.1, 0.15) is 53.8 Å². The average molecular weight is 294 g/mol. The molecule has 5 nitrogen and oxygen atoms in total. The molecule has 0 saturated heterocycles. The maximum absolute atomic E-state index is 11.6. The van der Waals surface area contributed by atoms with Crippen molar-refractivity contribution in [3.8, 4) is 0 Å². The molecule has 0 aliphatic heterocycles. The minimum atomic E-state index is -3.90. The number of hydrogen-bond donors (Lipinski definition) is 0. The number of hydrogen-bond acceptors (Lipinski definition) is 4. The molecule has 0 bridgehead atoms. The predicted molar refractivity (Wildman–Crippen MR) is 71.4 cm³/mol. The molecule has 0 radical (unpaired) electrons. The molecular weight excluding hydrogens is 274 g/mol. The van der Waals surface area contributed by atoms with Gasteiger partial charge in [0.1, 0.15) is 5.82 Å². The molecular formula is C11H20ClN3O2S. The van der Waals surface area contributed by atoms with E-state index in [1.54, 1.807) is 4.57 Å². The third kappa shape index (κ3) is 2.85. The fourth-order valence-corrected chi connectivity index (χ4v) is 2.65. The molecule has 0 aromatic carbocycles. The Hall–Kier alpha value is -0.620. The van der Waals surface area contributed by atoms with E-state index in [4.69, 9.17) is 10.7 Å². The van der Waals surface area contributed by atoms with E-state index in [1.165, 1.54) is 0 Å². The molecule has 0 fully saturated rings. The topological polar surface area (TPSA) is 64.8 Å². The van der Waals surface area contributed by atoms with E-state index in [2.05, 4.69) is 10.2 Å². The van der Waals surface area contributed by atoms with Crippen molar-refractivity contribution in [3.05, 3.63) is 5.82 Å². The summed E-state index contributed by atoms with van der Waals surface area (Å²) < 4.78 is 24.8. The fraction of sp³-hybridized carbons (Fsp3) is 0.818. The highest BCUT2D eigenvalue weighted by atomic mass is 35.7. The first-order valence-corrected chi connectivity index (χ1v) is 8.13. The van der Waals surface area contributed by atoms with Crippen LogP contribution in [0.3, 0.4) is 0 Å². The first-order chi connectivity index (χ1) is 7.91. The van der Waals surface area contributed by atoms with E-state index >= 15 is 0 Å². The van der Waals surface area contributed by atoms with E-state index in [-0.39, 0.29) is 10.6 Å². The summed E-state index contributed by atoms with van der Waals surface area (Å²) in [6.07, 6.45) is 0.823. The summed E-state index contributed by atoms with van der Waals surface area (Å²) in [5, 5.41) is 7.62. The zero-order valence-corrected chi connectivity index (χ0v) is 13.2. The molecule has 104 valence electrons. The summed E-state index contributed by atoms with van der Waals surface area (Å²) in [5.41, 5.74) is -0.720. The lowest BCUT2D eigenvalue weighted by molar-refractivity contribution is 0.318. The van der Waals surface area contributed by atoms with Crippen LogP contribution in [0.15, 0.2) is 5.16 Å². The minimum absolute atomic E-state index is 0.187. The fourth-order valence-electron chi connectivity index (χ4n) is 1.63. The van der Waals surface area contributed by atoms with Crippen molar-refractivity contribution < 1.29 is 8.42 Å². The van der Waals surface area contributed by atoms with Crippen molar-refractivity contribution in [1.82, 2.24) is 14.8 Å². The van der Waals surface area contributed by atoms with Gasteiger partial charge in [-0.25, -0.2) is 8.42 Å². The first-order valence-electron chi connectivity index (χ1n) is 5.82. The van der Waals surface area contributed by atoms with Crippen molar-refractivity contribution in [3.63, 3.8) is 0 Å². The lowest BCUT2D eigenvalue weighted by Crippen LogP contribution is -2.32. The van der Waals surface area contributed by atoms with Crippen LogP contribution in [-0.4, -0.2) is 23.2 Å². The standard InChI is InChI=1S/C11H20ClN3O2S/c1-7-11(5,6)8-13-14-9(18(12,16)17)15(8)10(2,3)4/h7H2,1-6H3. The zero-order valence-electron chi connectivity index (χ0n) is 11.7. The predicted octanol–water partition coefficient (Wildman–Crippen LogP) is 2.65. The van der Waals surface area contributed by atoms with Crippen LogP contribution >= 0.6 is 10.7 Å². The van der Waals surface area contributed by atoms with E-state index in [0.717, 1.165) is 6.42 Å². The van der Waals surface area contributed by atoms with E-state index < -0.39 is 14.6 Å². The van der Waals surface area contributed by atoms with Crippen molar-refractivity contribution in [2.45, 2.75) is 64.1 Å². The Morgan fingerprint density at radius 2 is 1.67 bits per heavy atom. The highest BCUT2D eigenvalue weighted by molar-refractivity contribution is 8.13. The molecule has 0 amide bonds. The molecule has 0 saturated carbocycles. The smallest absolute Gasteiger partial charge is 0.295 e. The maximum Gasteiger partial charge on any atom is 0.296 e. The Kier molecular flexibility index (Phi) is 3.85. The van der Waals surface area contributed by atoms with Crippen molar-refractivity contribution >= 4 is 19.7 Å². The third-order valence-electron chi connectivity index (χ3n) is 3.01. The highest BCUT2D eigenvalue weighted by Gasteiger charge is 2.35. The second kappa shape index (κ2) is 4.49. The van der Waals surface area contributed by atoms with Gasteiger partial charge in [0.2, 0.25) is 0 Å². The average Bonchev–Trinajstić information content (AvgIpc) is 2.60. The molecule has 0 spiro atoms. The van der Waals surface area contributed by atoms with E-state index in [0.29, 0.717) is 5.82 Å². The lowest BCUT2D eigenvalue weighted by Gasteiger charge is -2.30. The summed E-state index contributed by atoms with van der Waals surface area (Å²) in [6, 6.07) is 0. The molecule has 1 rings (SSSR count). The monoisotopic (exact) mass is 293 g/mol. The number of aromatic nitrogens is 3. The third-order valence-corrected chi connectivity index (χ3v) is 4.13. The largest absolute Gasteiger partial charge is 0.296 e. The van der Waals surface area contributed by atoms with Gasteiger partial charge in [-0.05, 0) is 27.2 Å². The molecule has 0 aliphatic rings. The van der Waals surface area contributed by atoms with Crippen molar-refractivity contribution in [2.24, 2.45) is 0 Å². The molecule has 1 aromatic heterocycles. The van der Waals surface area contributed by atoms with Gasteiger partial charge in [-0.3, -0.25) is 4.57 Å². The summed E-state index contributed by atoms with van der Waals surface area (Å²) >= 11 is 0. The van der Waals surface area contributed by atoms with Crippen LogP contribution in [0.2, 0.25) is 0 Å². The van der Waals surface area contributed by atoms with E-state index in [9.17, 15) is 8.42 Å². The Morgan fingerprint density at radius 1 is 1.17 bits per heavy atom. The van der Waals surface area contributed by atoms with Crippen LogP contribution in [0.25, 0.3) is 0 Å². The van der Waals surface area contributed by atoms with Gasteiger partial charge in [0, 0.05) is 21.6 Å². The molecule has 0 unspecified atom stereocenters. The summed E-state index contributed by atoms with van der Waals surface area (Å²) in [6.45, 7) is 11.7. The van der Waals surface area contributed by atoms with Crippen molar-refractivity contribution in [2.75, 3.05) is 0 Å². The van der Waals surface area contributed by atoms with Gasteiger partial charge in [-0.2, -0.15) is 0 Å². The summed E-state index contributed by atoms with van der Waals surface area (Å²) in [7, 11) is 1.52. The van der Waals surface area contributed by atoms with Gasteiger partial charge in [0.25, 0.3) is 14.2 Å². The van der Waals surface area contributed by atoms with Crippen LogP contribution < -0.4 is 0 Å². The van der Waals surface area contributed by atoms with Crippen LogP contribution in [-0.2, 0) is 20.0 Å². The van der Waals surface area contributed by atoms with Gasteiger partial charge in [0.05, 0.1) is 0 Å². The normalized spacial score (nSPS) is 13.9. The Balaban J connectivity index is 3.64. The molecule has 1 aromatic rings. The Bertz CT molecular complexity index is 541. The molecule has 0 aliphatic carbocycles. The van der Waals surface area contributed by atoms with Gasteiger partial charge in [-0.1, -0.05) is 20.8 Å². The number of nitrogens with zero attached hydrogens (tertiary/aromatic N) is 3. The van der Waals surface area contributed by atoms with Crippen molar-refractivity contribution in [1.29, 1.82) is 0 Å². The van der Waals surface area contributed by atoms with E-state index in [1.807, 2.05) is 41.5 Å². The summed E-state index contributed by atoms with van der Waals surface area (Å²) in [5.74, 6) is 0.636. The van der Waals surface area contributed by atoms with Crippen LogP contribution in [0.4, 0.5) is 0 Å². The van der Waals surface area contributed by atoms with Gasteiger partial charge < -0.3 is 0 Å². The highest BCUT2D eigenvalue weighted by Crippen LogP contribution is 2.32. The molecule has 0 atom stereocenters. The second-order valence-corrected chi connectivity index (χ2v) is 8.45. The Morgan fingerprint density at radius 3 is 2.00 bits per heavy atom. The quantitative estimate of drug-likeness (QED) is 0.804. The molecule has 1 heterocycles. The molecule has 0 N–H and O–H groups in total. The Labute approximate surface area is 113 Å². The van der Waals surface area contributed by atoms with Crippen LogP contribution in [0, 0.1) is 0 Å². The maximum atomic E-state index is 11.6. The SMILES string of the molecule is CCC(C)(C)c1nnc(S(=O)(=O)Cl)n1C(C)(C)C. The zero-order chi connectivity index (χ0) is 14.4. The van der Waals surface area contributed by atoms with Gasteiger partial charge >= 0.3 is 0 Å². The molecule has 18 heavy (non-hydrogen) atoms. The first kappa shape index (κ1) is 15.4. The lowest BCUT2D eigenvalue weighted by atomic mass is 9.88.